The highest BCUT2D eigenvalue weighted by atomic mass is 16.2. The van der Waals surface area contributed by atoms with E-state index in [1.165, 1.54) is 16.0 Å². The number of fused-ring (bicyclic) bond motifs is 1. The van der Waals surface area contributed by atoms with Gasteiger partial charge in [0.1, 0.15) is 5.52 Å². The summed E-state index contributed by atoms with van der Waals surface area (Å²) in [6, 6.07) is 8.92. The zero-order valence-corrected chi connectivity index (χ0v) is 13.2. The van der Waals surface area contributed by atoms with Crippen LogP contribution in [0, 0.1) is 0 Å². The van der Waals surface area contributed by atoms with Crippen LogP contribution in [0.1, 0.15) is 0 Å². The Morgan fingerprint density at radius 1 is 1.25 bits per heavy atom. The lowest BCUT2D eigenvalue weighted by molar-refractivity contribution is -0.105. The second-order valence-corrected chi connectivity index (χ2v) is 5.24. The van der Waals surface area contributed by atoms with Crippen LogP contribution < -0.4 is 10.2 Å². The molecule has 3 rings (SSSR count). The molecule has 0 aliphatic rings. The molecule has 2 N–H and O–H groups in total. The molecule has 0 aliphatic carbocycles. The van der Waals surface area contributed by atoms with Crippen molar-refractivity contribution in [2.45, 2.75) is 0 Å². The summed E-state index contributed by atoms with van der Waals surface area (Å²) in [4.78, 5) is 38.0. The van der Waals surface area contributed by atoms with Crippen molar-refractivity contribution in [2.24, 2.45) is 0 Å². The van der Waals surface area contributed by atoms with Gasteiger partial charge in [-0.1, -0.05) is 18.2 Å². The van der Waals surface area contributed by atoms with Crippen molar-refractivity contribution in [2.75, 3.05) is 24.3 Å². The molecule has 0 fully saturated rings. The van der Waals surface area contributed by atoms with Crippen molar-refractivity contribution in [1.29, 1.82) is 0 Å². The highest BCUT2D eigenvalue weighted by Gasteiger charge is 2.22. The maximum atomic E-state index is 12.6. The van der Waals surface area contributed by atoms with Gasteiger partial charge < -0.3 is 15.2 Å². The number of anilines is 3. The maximum Gasteiger partial charge on any atom is 0.329 e. The monoisotopic (exact) mass is 324 g/mol. The van der Waals surface area contributed by atoms with Gasteiger partial charge in [-0.3, -0.25) is 4.79 Å². The van der Waals surface area contributed by atoms with Gasteiger partial charge in [0, 0.05) is 20.3 Å². The normalized spacial score (nSPS) is 10.4. The number of hydrogen-bond acceptors (Lipinski definition) is 4. The van der Waals surface area contributed by atoms with Crippen LogP contribution in [-0.2, 0) is 4.79 Å². The average molecular weight is 324 g/mol. The van der Waals surface area contributed by atoms with Gasteiger partial charge >= 0.3 is 6.03 Å². The average Bonchev–Trinajstić information content (AvgIpc) is 2.99. The van der Waals surface area contributed by atoms with Gasteiger partial charge in [0.2, 0.25) is 6.41 Å². The Morgan fingerprint density at radius 3 is 2.67 bits per heavy atom. The van der Waals surface area contributed by atoms with E-state index in [0.717, 1.165) is 0 Å². The minimum Gasteiger partial charge on any atom is -0.343 e. The van der Waals surface area contributed by atoms with E-state index < -0.39 is 0 Å². The second-order valence-electron chi connectivity index (χ2n) is 5.24. The van der Waals surface area contributed by atoms with Gasteiger partial charge in [-0.25, -0.2) is 19.7 Å². The summed E-state index contributed by atoms with van der Waals surface area (Å²) in [5.74, 6) is 0.362. The van der Waals surface area contributed by atoms with Crippen LogP contribution >= 0.6 is 0 Å². The predicted octanol–water partition coefficient (Wildman–Crippen LogP) is 2.35. The van der Waals surface area contributed by atoms with E-state index >= 15 is 0 Å². The second kappa shape index (κ2) is 6.37. The van der Waals surface area contributed by atoms with E-state index in [1.54, 1.807) is 20.3 Å². The first-order valence-corrected chi connectivity index (χ1v) is 7.22. The zero-order valence-electron chi connectivity index (χ0n) is 13.2. The molecule has 1 aromatic carbocycles. The molecule has 0 saturated heterocycles. The molecule has 2 aromatic heterocycles. The molecule has 0 atom stereocenters. The lowest BCUT2D eigenvalue weighted by atomic mass is 10.3. The van der Waals surface area contributed by atoms with E-state index in [4.69, 9.17) is 0 Å². The first-order valence-electron chi connectivity index (χ1n) is 7.22. The number of urea groups is 1. The van der Waals surface area contributed by atoms with E-state index in [1.807, 2.05) is 30.3 Å². The van der Waals surface area contributed by atoms with Crippen molar-refractivity contribution in [3.63, 3.8) is 0 Å². The molecule has 122 valence electrons. The summed E-state index contributed by atoms with van der Waals surface area (Å²) in [7, 11) is 3.33. The van der Waals surface area contributed by atoms with E-state index in [2.05, 4.69) is 20.3 Å². The Labute approximate surface area is 138 Å². The summed E-state index contributed by atoms with van der Waals surface area (Å²) >= 11 is 0. The fraction of sp³-hybridized carbons (Fsp3) is 0.125. The molecule has 0 spiro atoms. The van der Waals surface area contributed by atoms with Gasteiger partial charge in [-0.2, -0.15) is 0 Å². The molecule has 0 bridgehead atoms. The minimum atomic E-state index is -0.254. The maximum absolute atomic E-state index is 12.6. The fourth-order valence-electron chi connectivity index (χ4n) is 2.28. The van der Waals surface area contributed by atoms with E-state index in [9.17, 15) is 9.59 Å². The molecule has 0 saturated carbocycles. The lowest BCUT2D eigenvalue weighted by Crippen LogP contribution is -2.36. The third-order valence-electron chi connectivity index (χ3n) is 3.40. The number of carbonyl (C=O) groups excluding carboxylic acids is 2. The SMILES string of the molecule is CN(C)C(=O)N(c1ccccc1)c1cnc2[nH]cc(NC=O)c2n1. The molecule has 0 unspecified atom stereocenters. The minimum absolute atomic E-state index is 0.254. The van der Waals surface area contributed by atoms with Gasteiger partial charge in [0.15, 0.2) is 11.5 Å². The number of para-hydroxylation sites is 1. The largest absolute Gasteiger partial charge is 0.343 e. The van der Waals surface area contributed by atoms with Gasteiger partial charge in [-0.15, -0.1) is 0 Å². The molecule has 0 aliphatic heterocycles. The number of carbonyl (C=O) groups is 2. The predicted molar refractivity (Wildman–Crippen MR) is 91.2 cm³/mol. The van der Waals surface area contributed by atoms with Crippen molar-refractivity contribution >= 4 is 40.8 Å². The molecule has 2 heterocycles. The molecular formula is C16H16N6O2. The van der Waals surface area contributed by atoms with Crippen LogP contribution in [0.15, 0.2) is 42.7 Å². The molecule has 8 heteroatoms. The topological polar surface area (TPSA) is 94.2 Å². The Kier molecular flexibility index (Phi) is 4.11. The molecule has 0 radical (unpaired) electrons. The Hall–Kier alpha value is -3.42. The number of nitrogens with one attached hydrogen (secondary N) is 2. The van der Waals surface area contributed by atoms with Crippen molar-refractivity contribution in [3.05, 3.63) is 42.7 Å². The van der Waals surface area contributed by atoms with Crippen molar-refractivity contribution in [1.82, 2.24) is 19.9 Å². The summed E-state index contributed by atoms with van der Waals surface area (Å²) in [5, 5.41) is 2.56. The van der Waals surface area contributed by atoms with Gasteiger partial charge in [-0.05, 0) is 12.1 Å². The Balaban J connectivity index is 2.13. The fourth-order valence-corrected chi connectivity index (χ4v) is 2.28. The van der Waals surface area contributed by atoms with Crippen LogP contribution in [0.5, 0.6) is 0 Å². The van der Waals surface area contributed by atoms with E-state index in [-0.39, 0.29) is 6.03 Å². The van der Waals surface area contributed by atoms with Gasteiger partial charge in [0.25, 0.3) is 0 Å². The number of benzene rings is 1. The lowest BCUT2D eigenvalue weighted by Gasteiger charge is -2.25. The molecule has 3 amide bonds. The number of nitrogens with zero attached hydrogens (tertiary/aromatic N) is 4. The molecule has 24 heavy (non-hydrogen) atoms. The summed E-state index contributed by atoms with van der Waals surface area (Å²) in [6.07, 6.45) is 3.68. The van der Waals surface area contributed by atoms with Gasteiger partial charge in [0.05, 0.1) is 17.6 Å². The summed E-state index contributed by atoms with van der Waals surface area (Å²) in [5.41, 5.74) is 2.17. The van der Waals surface area contributed by atoms with Crippen molar-refractivity contribution < 1.29 is 9.59 Å². The number of aromatic amines is 1. The molecule has 8 nitrogen and oxygen atoms in total. The number of aromatic nitrogens is 3. The van der Waals surface area contributed by atoms with Crippen LogP contribution in [0.25, 0.3) is 11.2 Å². The highest BCUT2D eigenvalue weighted by Crippen LogP contribution is 2.27. The van der Waals surface area contributed by atoms with Crippen LogP contribution in [0.2, 0.25) is 0 Å². The number of hydrogen-bond donors (Lipinski definition) is 2. The van der Waals surface area contributed by atoms with E-state index in [0.29, 0.717) is 34.8 Å². The summed E-state index contributed by atoms with van der Waals surface area (Å²) in [6.45, 7) is 0. The Morgan fingerprint density at radius 2 is 2.00 bits per heavy atom. The highest BCUT2D eigenvalue weighted by molar-refractivity contribution is 6.00. The first kappa shape index (κ1) is 15.5. The Bertz CT molecular complexity index is 875. The number of H-pyrrole nitrogens is 1. The quantitative estimate of drug-likeness (QED) is 0.720. The standard InChI is InChI=1S/C16H16N6O2/c1-21(2)16(24)22(11-6-4-3-5-7-11)13-9-18-15-14(20-13)12(8-17-15)19-10-23/h3-10H,1-2H3,(H,17,18)(H,19,23). The van der Waals surface area contributed by atoms with Crippen molar-refractivity contribution in [3.8, 4) is 0 Å². The first-order chi connectivity index (χ1) is 11.6. The smallest absolute Gasteiger partial charge is 0.329 e. The van der Waals surface area contributed by atoms with Crippen LogP contribution in [0.4, 0.5) is 22.0 Å². The molecular weight excluding hydrogens is 308 g/mol. The summed E-state index contributed by atoms with van der Waals surface area (Å²) < 4.78 is 0. The van der Waals surface area contributed by atoms with Crippen LogP contribution in [-0.4, -0.2) is 46.4 Å². The third kappa shape index (κ3) is 2.76. The number of amides is 3. The number of rotatable bonds is 4. The zero-order chi connectivity index (χ0) is 17.1. The van der Waals surface area contributed by atoms with Crippen LogP contribution in [0.3, 0.4) is 0 Å². The molecule has 3 aromatic rings. The third-order valence-corrected chi connectivity index (χ3v) is 3.40.